The third-order valence-corrected chi connectivity index (χ3v) is 5.23. The Morgan fingerprint density at radius 1 is 1.33 bits per heavy atom. The molecule has 1 aromatic carbocycles. The number of aliphatic hydroxyl groups is 1. The van der Waals surface area contributed by atoms with E-state index in [0.29, 0.717) is 12.5 Å². The van der Waals surface area contributed by atoms with Crippen LogP contribution in [0.4, 0.5) is 10.5 Å². The van der Waals surface area contributed by atoms with Crippen LogP contribution in [0.5, 0.6) is 0 Å². The van der Waals surface area contributed by atoms with Crippen molar-refractivity contribution < 1.29 is 9.90 Å². The van der Waals surface area contributed by atoms with Gasteiger partial charge < -0.3 is 15.7 Å². The van der Waals surface area contributed by atoms with Crippen molar-refractivity contribution in [2.45, 2.75) is 52.1 Å². The van der Waals surface area contributed by atoms with Crippen LogP contribution in [0, 0.1) is 11.3 Å². The van der Waals surface area contributed by atoms with E-state index >= 15 is 0 Å². The first-order valence-corrected chi connectivity index (χ1v) is 9.56. The molecule has 1 fully saturated rings. The van der Waals surface area contributed by atoms with Crippen LogP contribution < -0.4 is 10.6 Å². The molecule has 1 heterocycles. The summed E-state index contributed by atoms with van der Waals surface area (Å²) in [6.07, 6.45) is 6.32. The number of anilines is 1. The Morgan fingerprint density at radius 3 is 2.81 bits per heavy atom. The molecule has 0 aliphatic heterocycles. The van der Waals surface area contributed by atoms with Gasteiger partial charge in [-0.05, 0) is 54.4 Å². The Balaban J connectivity index is 1.66. The Kier molecular flexibility index (Phi) is 5.56. The van der Waals surface area contributed by atoms with Crippen LogP contribution in [0.3, 0.4) is 0 Å². The maximum absolute atomic E-state index is 12.6. The van der Waals surface area contributed by atoms with Crippen molar-refractivity contribution in [3.05, 3.63) is 48.3 Å². The molecule has 27 heavy (non-hydrogen) atoms. The Bertz CT molecular complexity index is 772. The van der Waals surface area contributed by atoms with Crippen molar-refractivity contribution in [1.82, 2.24) is 15.1 Å². The fourth-order valence-corrected chi connectivity index (χ4v) is 4.73. The van der Waals surface area contributed by atoms with E-state index in [9.17, 15) is 9.90 Å². The summed E-state index contributed by atoms with van der Waals surface area (Å²) >= 11 is 0. The summed E-state index contributed by atoms with van der Waals surface area (Å²) in [5.74, 6) is 0.457. The van der Waals surface area contributed by atoms with Crippen LogP contribution in [0.25, 0.3) is 0 Å². The van der Waals surface area contributed by atoms with E-state index in [1.807, 2.05) is 41.2 Å². The maximum atomic E-state index is 12.6. The second kappa shape index (κ2) is 7.72. The molecule has 2 amide bonds. The van der Waals surface area contributed by atoms with Gasteiger partial charge >= 0.3 is 6.03 Å². The molecule has 3 rings (SSSR count). The van der Waals surface area contributed by atoms with Crippen LogP contribution in [0.1, 0.15) is 45.6 Å². The van der Waals surface area contributed by atoms with Crippen molar-refractivity contribution in [3.63, 3.8) is 0 Å². The second-order valence-electron chi connectivity index (χ2n) is 8.78. The number of carbonyl (C=O) groups is 1. The SMILES string of the molecule is C[C@@H]1CC(C)(C)C[C@](CO)(NC(=O)Nc2cccc(Cn3cccn3)c2)C1. The zero-order chi connectivity index (χ0) is 19.5. The summed E-state index contributed by atoms with van der Waals surface area (Å²) in [7, 11) is 0. The van der Waals surface area contributed by atoms with Crippen molar-refractivity contribution in [1.29, 1.82) is 0 Å². The summed E-state index contributed by atoms with van der Waals surface area (Å²) < 4.78 is 1.84. The van der Waals surface area contributed by atoms with Crippen LogP contribution in [-0.4, -0.2) is 33.1 Å². The summed E-state index contributed by atoms with van der Waals surface area (Å²) in [5.41, 5.74) is 1.31. The van der Waals surface area contributed by atoms with Gasteiger partial charge in [0.25, 0.3) is 0 Å². The lowest BCUT2D eigenvalue weighted by atomic mass is 9.64. The topological polar surface area (TPSA) is 79.2 Å². The van der Waals surface area contributed by atoms with E-state index < -0.39 is 5.54 Å². The van der Waals surface area contributed by atoms with Gasteiger partial charge in [0, 0.05) is 18.1 Å². The molecule has 0 saturated heterocycles. The van der Waals surface area contributed by atoms with Gasteiger partial charge in [-0.2, -0.15) is 5.10 Å². The number of rotatable bonds is 5. The summed E-state index contributed by atoms with van der Waals surface area (Å²) in [4.78, 5) is 12.6. The molecule has 3 N–H and O–H groups in total. The minimum Gasteiger partial charge on any atom is -0.394 e. The van der Waals surface area contributed by atoms with Gasteiger partial charge in [-0.3, -0.25) is 4.68 Å². The number of aromatic nitrogens is 2. The summed E-state index contributed by atoms with van der Waals surface area (Å²) in [5, 5.41) is 20.2. The van der Waals surface area contributed by atoms with E-state index in [-0.39, 0.29) is 18.1 Å². The highest BCUT2D eigenvalue weighted by Crippen LogP contribution is 2.43. The van der Waals surface area contributed by atoms with Crippen molar-refractivity contribution in [2.24, 2.45) is 11.3 Å². The smallest absolute Gasteiger partial charge is 0.319 e. The molecule has 1 aliphatic rings. The third-order valence-electron chi connectivity index (χ3n) is 5.23. The molecule has 6 heteroatoms. The average Bonchev–Trinajstić information content (AvgIpc) is 3.06. The molecule has 146 valence electrons. The first-order valence-electron chi connectivity index (χ1n) is 9.56. The molecule has 2 atom stereocenters. The number of urea groups is 1. The first-order chi connectivity index (χ1) is 12.8. The zero-order valence-corrected chi connectivity index (χ0v) is 16.4. The van der Waals surface area contributed by atoms with Gasteiger partial charge in [-0.1, -0.05) is 32.9 Å². The highest BCUT2D eigenvalue weighted by atomic mass is 16.3. The van der Waals surface area contributed by atoms with Gasteiger partial charge in [0.15, 0.2) is 0 Å². The molecule has 1 aromatic heterocycles. The van der Waals surface area contributed by atoms with Gasteiger partial charge in [0.2, 0.25) is 0 Å². The standard InChI is InChI=1S/C21H30N4O2/c1-16-11-20(2,3)14-21(12-16,15-26)24-19(27)23-18-7-4-6-17(10-18)13-25-9-5-8-22-25/h4-10,16,26H,11-15H2,1-3H3,(H2,23,24,27)/t16-,21-/m1/s1. The van der Waals surface area contributed by atoms with Crippen molar-refractivity contribution in [3.8, 4) is 0 Å². The largest absolute Gasteiger partial charge is 0.394 e. The monoisotopic (exact) mass is 370 g/mol. The van der Waals surface area contributed by atoms with E-state index in [4.69, 9.17) is 0 Å². The quantitative estimate of drug-likeness (QED) is 0.752. The molecular formula is C21H30N4O2. The van der Waals surface area contributed by atoms with Gasteiger partial charge in [-0.25, -0.2) is 4.79 Å². The Morgan fingerprint density at radius 2 is 2.15 bits per heavy atom. The van der Waals surface area contributed by atoms with Gasteiger partial charge in [0.1, 0.15) is 0 Å². The van der Waals surface area contributed by atoms with Gasteiger partial charge in [-0.15, -0.1) is 0 Å². The fourth-order valence-electron chi connectivity index (χ4n) is 4.73. The van der Waals surface area contributed by atoms with Crippen LogP contribution in [0.15, 0.2) is 42.7 Å². The predicted octanol–water partition coefficient (Wildman–Crippen LogP) is 3.63. The van der Waals surface area contributed by atoms with Crippen LogP contribution >= 0.6 is 0 Å². The molecule has 0 radical (unpaired) electrons. The number of carbonyl (C=O) groups excluding carboxylic acids is 1. The number of nitrogens with one attached hydrogen (secondary N) is 2. The number of hydrogen-bond donors (Lipinski definition) is 3. The first kappa shape index (κ1) is 19.4. The van der Waals surface area contributed by atoms with Crippen molar-refractivity contribution >= 4 is 11.7 Å². The number of benzene rings is 1. The van der Waals surface area contributed by atoms with Crippen molar-refractivity contribution in [2.75, 3.05) is 11.9 Å². The minimum absolute atomic E-state index is 0.0481. The molecule has 6 nitrogen and oxygen atoms in total. The second-order valence-corrected chi connectivity index (χ2v) is 8.78. The average molecular weight is 370 g/mol. The molecule has 2 aromatic rings. The lowest BCUT2D eigenvalue weighted by Gasteiger charge is -2.47. The molecule has 0 bridgehead atoms. The summed E-state index contributed by atoms with van der Waals surface area (Å²) in [6.45, 7) is 7.18. The number of hydrogen-bond acceptors (Lipinski definition) is 3. The number of nitrogens with zero attached hydrogens (tertiary/aromatic N) is 2. The minimum atomic E-state index is -0.572. The maximum Gasteiger partial charge on any atom is 0.319 e. The van der Waals surface area contributed by atoms with Crippen LogP contribution in [-0.2, 0) is 6.54 Å². The highest BCUT2D eigenvalue weighted by Gasteiger charge is 2.43. The van der Waals surface area contributed by atoms with Gasteiger partial charge in [0.05, 0.1) is 18.7 Å². The molecule has 1 aliphatic carbocycles. The normalized spacial score (nSPS) is 24.4. The lowest BCUT2D eigenvalue weighted by Crippen LogP contribution is -2.58. The molecular weight excluding hydrogens is 340 g/mol. The Hall–Kier alpha value is -2.34. The van der Waals surface area contributed by atoms with E-state index in [2.05, 4.69) is 36.5 Å². The predicted molar refractivity (Wildman–Crippen MR) is 107 cm³/mol. The third kappa shape index (κ3) is 5.10. The van der Waals surface area contributed by atoms with Crippen LogP contribution in [0.2, 0.25) is 0 Å². The molecule has 1 saturated carbocycles. The zero-order valence-electron chi connectivity index (χ0n) is 16.4. The number of amides is 2. The van der Waals surface area contributed by atoms with E-state index in [0.717, 1.165) is 30.5 Å². The van der Waals surface area contributed by atoms with E-state index in [1.165, 1.54) is 0 Å². The lowest BCUT2D eigenvalue weighted by molar-refractivity contribution is 0.0446. The molecule has 0 unspecified atom stereocenters. The summed E-state index contributed by atoms with van der Waals surface area (Å²) in [6, 6.07) is 9.35. The Labute approximate surface area is 161 Å². The highest BCUT2D eigenvalue weighted by molar-refractivity contribution is 5.89. The fraction of sp³-hybridized carbons (Fsp3) is 0.524. The van der Waals surface area contributed by atoms with E-state index in [1.54, 1.807) is 6.20 Å². The molecule has 0 spiro atoms. The number of aliphatic hydroxyl groups excluding tert-OH is 1.